The minimum atomic E-state index is -1.56. The number of rotatable bonds is 5. The molecule has 5 heteroatoms. The molecule has 15 heavy (non-hydrogen) atoms. The fourth-order valence-corrected chi connectivity index (χ4v) is 1.44. The summed E-state index contributed by atoms with van der Waals surface area (Å²) in [6.45, 7) is 2.58. The molecule has 3 nitrogen and oxygen atoms in total. The molecule has 0 saturated heterocycles. The van der Waals surface area contributed by atoms with Crippen molar-refractivity contribution in [1.29, 1.82) is 0 Å². The Hall–Kier alpha value is -0.705. The zero-order valence-corrected chi connectivity index (χ0v) is 9.37. The van der Waals surface area contributed by atoms with Gasteiger partial charge in [0.1, 0.15) is 5.75 Å². The number of halogens is 1. The molecular weight excluding hydrogens is 214 g/mol. The molecule has 1 rings (SSSR count). The van der Waals surface area contributed by atoms with Crippen molar-refractivity contribution in [3.05, 3.63) is 23.2 Å². The molecule has 0 atom stereocenters. The summed E-state index contributed by atoms with van der Waals surface area (Å²) in [6.07, 6.45) is 1.92. The van der Waals surface area contributed by atoms with Gasteiger partial charge in [-0.15, -0.1) is 0 Å². The first-order chi connectivity index (χ1) is 7.16. The van der Waals surface area contributed by atoms with Gasteiger partial charge in [-0.25, -0.2) is 0 Å². The van der Waals surface area contributed by atoms with Crippen molar-refractivity contribution in [2.24, 2.45) is 0 Å². The normalized spacial score (nSPS) is 10.1. The third-order valence-electron chi connectivity index (χ3n) is 2.02. The summed E-state index contributed by atoms with van der Waals surface area (Å²) >= 11 is 5.91. The van der Waals surface area contributed by atoms with Gasteiger partial charge in [-0.1, -0.05) is 37.1 Å². The molecule has 2 N–H and O–H groups in total. The van der Waals surface area contributed by atoms with E-state index in [2.05, 4.69) is 6.92 Å². The Kier molecular flexibility index (Phi) is 4.95. The van der Waals surface area contributed by atoms with E-state index in [1.807, 2.05) is 0 Å². The molecule has 0 radical (unpaired) electrons. The van der Waals surface area contributed by atoms with Crippen LogP contribution in [0.25, 0.3) is 0 Å². The van der Waals surface area contributed by atoms with Crippen molar-refractivity contribution >= 4 is 24.2 Å². The van der Waals surface area contributed by atoms with Gasteiger partial charge >= 0.3 is 7.12 Å². The summed E-state index contributed by atoms with van der Waals surface area (Å²) in [5, 5.41) is 18.6. The van der Waals surface area contributed by atoms with Gasteiger partial charge in [0.05, 0.1) is 11.6 Å². The minimum Gasteiger partial charge on any atom is -0.492 e. The Morgan fingerprint density at radius 2 is 2.13 bits per heavy atom. The first-order valence-electron chi connectivity index (χ1n) is 4.94. The van der Waals surface area contributed by atoms with E-state index in [-0.39, 0.29) is 0 Å². The highest BCUT2D eigenvalue weighted by Gasteiger charge is 2.18. The maximum atomic E-state index is 9.10. The van der Waals surface area contributed by atoms with Crippen LogP contribution in [0.15, 0.2) is 18.2 Å². The maximum absolute atomic E-state index is 9.10. The second-order valence-corrected chi connectivity index (χ2v) is 3.64. The van der Waals surface area contributed by atoms with Gasteiger partial charge < -0.3 is 14.8 Å². The van der Waals surface area contributed by atoms with Crippen LogP contribution < -0.4 is 10.2 Å². The van der Waals surface area contributed by atoms with Crippen molar-refractivity contribution in [3.63, 3.8) is 0 Å². The topological polar surface area (TPSA) is 49.7 Å². The van der Waals surface area contributed by atoms with E-state index in [0.717, 1.165) is 12.8 Å². The third-order valence-corrected chi connectivity index (χ3v) is 2.32. The summed E-state index contributed by atoms with van der Waals surface area (Å²) in [5.74, 6) is 0.364. The molecule has 0 aliphatic rings. The molecular formula is C10H14BClO3. The van der Waals surface area contributed by atoms with E-state index < -0.39 is 7.12 Å². The minimum absolute atomic E-state index is 0.304. The first-order valence-corrected chi connectivity index (χ1v) is 5.32. The lowest BCUT2D eigenvalue weighted by molar-refractivity contribution is 0.310. The SMILES string of the molecule is CCCCOc1c(Cl)cccc1B(O)O. The number of hydrogen-bond donors (Lipinski definition) is 2. The average molecular weight is 228 g/mol. The van der Waals surface area contributed by atoms with Crippen molar-refractivity contribution in [3.8, 4) is 5.75 Å². The number of hydrogen-bond acceptors (Lipinski definition) is 3. The molecule has 0 spiro atoms. The summed E-state index contributed by atoms with van der Waals surface area (Å²) in [5.41, 5.74) is 0.304. The van der Waals surface area contributed by atoms with Crippen LogP contribution in [0.5, 0.6) is 5.75 Å². The third kappa shape index (κ3) is 3.41. The fourth-order valence-electron chi connectivity index (χ4n) is 1.20. The second kappa shape index (κ2) is 6.00. The largest absolute Gasteiger partial charge is 0.492 e. The van der Waals surface area contributed by atoms with Crippen LogP contribution in [-0.2, 0) is 0 Å². The second-order valence-electron chi connectivity index (χ2n) is 3.23. The van der Waals surface area contributed by atoms with E-state index in [1.54, 1.807) is 18.2 Å². The molecule has 1 aromatic rings. The fraction of sp³-hybridized carbons (Fsp3) is 0.400. The van der Waals surface area contributed by atoms with Gasteiger partial charge in [-0.2, -0.15) is 0 Å². The number of benzene rings is 1. The molecule has 82 valence electrons. The molecule has 0 aromatic heterocycles. The van der Waals surface area contributed by atoms with Crippen LogP contribution in [0.4, 0.5) is 0 Å². The van der Waals surface area contributed by atoms with Gasteiger partial charge in [0.2, 0.25) is 0 Å². The molecule has 0 fully saturated rings. The lowest BCUT2D eigenvalue weighted by Crippen LogP contribution is -2.31. The van der Waals surface area contributed by atoms with Crippen molar-refractivity contribution in [2.75, 3.05) is 6.61 Å². The van der Waals surface area contributed by atoms with Crippen LogP contribution in [0.1, 0.15) is 19.8 Å². The Balaban J connectivity index is 2.82. The number of ether oxygens (including phenoxy) is 1. The summed E-state index contributed by atoms with van der Waals surface area (Å²) < 4.78 is 5.42. The zero-order chi connectivity index (χ0) is 11.3. The predicted molar refractivity (Wildman–Crippen MR) is 61.7 cm³/mol. The first kappa shape index (κ1) is 12.4. The van der Waals surface area contributed by atoms with Crippen LogP contribution in [-0.4, -0.2) is 23.8 Å². The smallest absolute Gasteiger partial charge is 0.492 e. The van der Waals surface area contributed by atoms with E-state index in [4.69, 9.17) is 26.4 Å². The van der Waals surface area contributed by atoms with Crippen LogP contribution in [0, 0.1) is 0 Å². The quantitative estimate of drug-likeness (QED) is 0.588. The summed E-state index contributed by atoms with van der Waals surface area (Å²) in [4.78, 5) is 0. The van der Waals surface area contributed by atoms with Crippen molar-refractivity contribution in [2.45, 2.75) is 19.8 Å². The van der Waals surface area contributed by atoms with E-state index in [9.17, 15) is 0 Å². The molecule has 0 saturated carbocycles. The van der Waals surface area contributed by atoms with E-state index in [0.29, 0.717) is 22.8 Å². The van der Waals surface area contributed by atoms with Gasteiger partial charge in [-0.05, 0) is 12.5 Å². The van der Waals surface area contributed by atoms with Gasteiger partial charge in [-0.3, -0.25) is 0 Å². The van der Waals surface area contributed by atoms with Crippen LogP contribution >= 0.6 is 11.6 Å². The molecule has 0 heterocycles. The monoisotopic (exact) mass is 228 g/mol. The molecule has 0 bridgehead atoms. The molecule has 0 unspecified atom stereocenters. The molecule has 0 aliphatic heterocycles. The Morgan fingerprint density at radius 3 is 2.73 bits per heavy atom. The highest BCUT2D eigenvalue weighted by molar-refractivity contribution is 6.60. The highest BCUT2D eigenvalue weighted by atomic mass is 35.5. The average Bonchev–Trinajstić information content (AvgIpc) is 2.20. The summed E-state index contributed by atoms with van der Waals surface area (Å²) in [6, 6.07) is 4.90. The zero-order valence-electron chi connectivity index (χ0n) is 8.61. The molecule has 1 aromatic carbocycles. The lowest BCUT2D eigenvalue weighted by Gasteiger charge is -2.12. The van der Waals surface area contributed by atoms with Crippen molar-refractivity contribution < 1.29 is 14.8 Å². The standard InChI is InChI=1S/C10H14BClO3/c1-2-3-7-15-10-8(11(13)14)5-4-6-9(10)12/h4-6,13-14H,2-3,7H2,1H3. The van der Waals surface area contributed by atoms with Gasteiger partial charge in [0.25, 0.3) is 0 Å². The van der Waals surface area contributed by atoms with Crippen LogP contribution in [0.3, 0.4) is 0 Å². The Labute approximate surface area is 94.8 Å². The lowest BCUT2D eigenvalue weighted by atomic mass is 9.79. The predicted octanol–water partition coefficient (Wildman–Crippen LogP) is 1.20. The Morgan fingerprint density at radius 1 is 1.40 bits per heavy atom. The van der Waals surface area contributed by atoms with E-state index in [1.165, 1.54) is 0 Å². The summed E-state index contributed by atoms with van der Waals surface area (Å²) in [7, 11) is -1.56. The van der Waals surface area contributed by atoms with Crippen LogP contribution in [0.2, 0.25) is 5.02 Å². The molecule has 0 aliphatic carbocycles. The van der Waals surface area contributed by atoms with Crippen molar-refractivity contribution in [1.82, 2.24) is 0 Å². The number of para-hydroxylation sites is 1. The van der Waals surface area contributed by atoms with Gasteiger partial charge in [0, 0.05) is 5.46 Å². The molecule has 0 amide bonds. The van der Waals surface area contributed by atoms with E-state index >= 15 is 0 Å². The highest BCUT2D eigenvalue weighted by Crippen LogP contribution is 2.22. The van der Waals surface area contributed by atoms with Gasteiger partial charge in [0.15, 0.2) is 0 Å². The maximum Gasteiger partial charge on any atom is 0.492 e. The number of unbranched alkanes of at least 4 members (excludes halogenated alkanes) is 1. The Bertz CT molecular complexity index is 318.